The summed E-state index contributed by atoms with van der Waals surface area (Å²) < 4.78 is 0. The van der Waals surface area contributed by atoms with Gasteiger partial charge in [-0.05, 0) is 20.8 Å². The Hall–Kier alpha value is -1.14. The topological polar surface area (TPSA) is 73.5 Å². The highest BCUT2D eigenvalue weighted by Crippen LogP contribution is 2.07. The number of hydrogen-bond acceptors (Lipinski definition) is 4. The van der Waals surface area contributed by atoms with Crippen molar-refractivity contribution in [1.82, 2.24) is 20.9 Å². The quantitative estimate of drug-likeness (QED) is 0.624. The van der Waals surface area contributed by atoms with Gasteiger partial charge in [-0.15, -0.1) is 0 Å². The molecule has 3 amide bonds. The molecule has 1 heterocycles. The summed E-state index contributed by atoms with van der Waals surface area (Å²) in [5.74, 6) is -0.246. The third-order valence-electron chi connectivity index (χ3n) is 3.00. The van der Waals surface area contributed by atoms with Gasteiger partial charge in [-0.2, -0.15) is 0 Å². The Kier molecular flexibility index (Phi) is 5.37. The Morgan fingerprint density at radius 1 is 1.53 bits per heavy atom. The van der Waals surface area contributed by atoms with Gasteiger partial charge in [0, 0.05) is 32.2 Å². The van der Waals surface area contributed by atoms with Crippen molar-refractivity contribution in [3.63, 3.8) is 0 Å². The van der Waals surface area contributed by atoms with Gasteiger partial charge in [-0.25, -0.2) is 4.79 Å². The van der Waals surface area contributed by atoms with Gasteiger partial charge in [0.05, 0.1) is 6.04 Å². The highest BCUT2D eigenvalue weighted by Gasteiger charge is 2.28. The number of amides is 3. The number of nitrogens with one attached hydrogen (secondary N) is 3. The van der Waals surface area contributed by atoms with Crippen LogP contribution in [0.5, 0.6) is 0 Å². The zero-order valence-electron chi connectivity index (χ0n) is 10.7. The summed E-state index contributed by atoms with van der Waals surface area (Å²) in [6, 6.07) is -0.402. The molecule has 1 unspecified atom stereocenters. The van der Waals surface area contributed by atoms with Gasteiger partial charge in [-0.3, -0.25) is 15.0 Å². The number of piperazine rings is 1. The minimum absolute atomic E-state index is 0.246. The van der Waals surface area contributed by atoms with Gasteiger partial charge in [0.1, 0.15) is 0 Å². The van der Waals surface area contributed by atoms with E-state index in [0.29, 0.717) is 12.6 Å². The molecule has 17 heavy (non-hydrogen) atoms. The molecule has 0 aliphatic carbocycles. The van der Waals surface area contributed by atoms with Crippen LogP contribution in [0.1, 0.15) is 20.8 Å². The first-order valence-electron chi connectivity index (χ1n) is 6.11. The van der Waals surface area contributed by atoms with Crippen LogP contribution in [0.4, 0.5) is 4.79 Å². The Morgan fingerprint density at radius 2 is 2.24 bits per heavy atom. The molecule has 0 saturated carbocycles. The van der Waals surface area contributed by atoms with Crippen LogP contribution in [0.15, 0.2) is 0 Å². The van der Waals surface area contributed by atoms with E-state index in [4.69, 9.17) is 0 Å². The minimum Gasteiger partial charge on any atom is -0.338 e. The highest BCUT2D eigenvalue weighted by molar-refractivity contribution is 5.96. The third-order valence-corrected chi connectivity index (χ3v) is 3.00. The monoisotopic (exact) mass is 242 g/mol. The van der Waals surface area contributed by atoms with Crippen molar-refractivity contribution in [3.05, 3.63) is 0 Å². The first kappa shape index (κ1) is 13.9. The molecule has 6 heteroatoms. The molecule has 0 aromatic rings. The van der Waals surface area contributed by atoms with Crippen molar-refractivity contribution >= 4 is 11.9 Å². The zero-order valence-corrected chi connectivity index (χ0v) is 10.7. The molecule has 3 N–H and O–H groups in total. The summed E-state index contributed by atoms with van der Waals surface area (Å²) in [5, 5.41) is 8.16. The van der Waals surface area contributed by atoms with Crippen molar-refractivity contribution in [2.24, 2.45) is 0 Å². The van der Waals surface area contributed by atoms with Crippen molar-refractivity contribution < 1.29 is 9.59 Å². The van der Waals surface area contributed by atoms with Crippen LogP contribution in [0.2, 0.25) is 0 Å². The van der Waals surface area contributed by atoms with Crippen LogP contribution in [-0.2, 0) is 4.79 Å². The summed E-state index contributed by atoms with van der Waals surface area (Å²) in [4.78, 5) is 25.2. The average molecular weight is 242 g/mol. The van der Waals surface area contributed by atoms with Crippen molar-refractivity contribution in [2.75, 3.05) is 26.2 Å². The fourth-order valence-electron chi connectivity index (χ4n) is 2.00. The first-order chi connectivity index (χ1) is 8.06. The average Bonchev–Trinajstić information content (AvgIpc) is 2.29. The SMILES string of the molecule is CCNC(=O)NC(=O)C(C)N1CCNC[C@@H]1C. The van der Waals surface area contributed by atoms with E-state index in [1.807, 2.05) is 13.8 Å². The molecule has 98 valence electrons. The molecule has 0 radical (unpaired) electrons. The lowest BCUT2D eigenvalue weighted by Gasteiger charge is -2.37. The van der Waals surface area contributed by atoms with Crippen molar-refractivity contribution in [1.29, 1.82) is 0 Å². The van der Waals surface area contributed by atoms with E-state index >= 15 is 0 Å². The number of carbonyl (C=O) groups is 2. The predicted octanol–water partition coefficient (Wildman–Crippen LogP) is -0.486. The summed E-state index contributed by atoms with van der Waals surface area (Å²) in [6.45, 7) is 8.80. The summed E-state index contributed by atoms with van der Waals surface area (Å²) in [7, 11) is 0. The van der Waals surface area contributed by atoms with Crippen LogP contribution in [-0.4, -0.2) is 55.1 Å². The smallest absolute Gasteiger partial charge is 0.321 e. The first-order valence-corrected chi connectivity index (χ1v) is 6.11. The zero-order chi connectivity index (χ0) is 12.8. The van der Waals surface area contributed by atoms with Gasteiger partial charge in [0.25, 0.3) is 0 Å². The molecule has 1 aliphatic rings. The molecule has 1 saturated heterocycles. The largest absolute Gasteiger partial charge is 0.338 e. The summed E-state index contributed by atoms with van der Waals surface area (Å²) >= 11 is 0. The number of rotatable bonds is 3. The second-order valence-corrected chi connectivity index (χ2v) is 4.32. The molecular formula is C11H22N4O2. The lowest BCUT2D eigenvalue weighted by Crippen LogP contribution is -2.58. The number of urea groups is 1. The Labute approximate surface area is 102 Å². The molecule has 1 rings (SSSR count). The Bertz CT molecular complexity index is 283. The molecule has 0 bridgehead atoms. The Morgan fingerprint density at radius 3 is 2.82 bits per heavy atom. The second kappa shape index (κ2) is 6.56. The second-order valence-electron chi connectivity index (χ2n) is 4.32. The predicted molar refractivity (Wildman–Crippen MR) is 65.7 cm³/mol. The molecular weight excluding hydrogens is 220 g/mol. The van der Waals surface area contributed by atoms with Gasteiger partial charge in [0.15, 0.2) is 0 Å². The van der Waals surface area contributed by atoms with E-state index in [1.54, 1.807) is 0 Å². The molecule has 0 spiro atoms. The van der Waals surface area contributed by atoms with Crippen molar-refractivity contribution in [3.8, 4) is 0 Å². The van der Waals surface area contributed by atoms with E-state index in [9.17, 15) is 9.59 Å². The molecule has 0 aromatic heterocycles. The van der Waals surface area contributed by atoms with Crippen LogP contribution >= 0.6 is 0 Å². The molecule has 1 aliphatic heterocycles. The lowest BCUT2D eigenvalue weighted by atomic mass is 10.1. The summed E-state index contributed by atoms with van der Waals surface area (Å²) in [6.07, 6.45) is 0. The van der Waals surface area contributed by atoms with E-state index in [1.165, 1.54) is 0 Å². The lowest BCUT2D eigenvalue weighted by molar-refractivity contribution is -0.125. The third kappa shape index (κ3) is 3.98. The van der Waals surface area contributed by atoms with E-state index < -0.39 is 6.03 Å². The fraction of sp³-hybridized carbons (Fsp3) is 0.818. The number of hydrogen-bond donors (Lipinski definition) is 3. The minimum atomic E-state index is -0.424. The van der Waals surface area contributed by atoms with Gasteiger partial charge in [0.2, 0.25) is 5.91 Å². The van der Waals surface area contributed by atoms with Gasteiger partial charge in [-0.1, -0.05) is 0 Å². The highest BCUT2D eigenvalue weighted by atomic mass is 16.2. The normalized spacial score (nSPS) is 22.9. The maximum atomic E-state index is 11.8. The maximum absolute atomic E-state index is 11.8. The molecule has 1 fully saturated rings. The number of carbonyl (C=O) groups excluding carboxylic acids is 2. The molecule has 0 aromatic carbocycles. The van der Waals surface area contributed by atoms with Gasteiger partial charge >= 0.3 is 6.03 Å². The molecule has 2 atom stereocenters. The van der Waals surface area contributed by atoms with E-state index in [2.05, 4.69) is 27.8 Å². The number of imide groups is 1. The number of nitrogens with zero attached hydrogens (tertiary/aromatic N) is 1. The Balaban J connectivity index is 2.47. The maximum Gasteiger partial charge on any atom is 0.321 e. The van der Waals surface area contributed by atoms with Crippen LogP contribution in [0.3, 0.4) is 0 Å². The van der Waals surface area contributed by atoms with E-state index in [0.717, 1.165) is 19.6 Å². The van der Waals surface area contributed by atoms with Crippen LogP contribution < -0.4 is 16.0 Å². The van der Waals surface area contributed by atoms with E-state index in [-0.39, 0.29) is 11.9 Å². The fourth-order valence-corrected chi connectivity index (χ4v) is 2.00. The van der Waals surface area contributed by atoms with Crippen LogP contribution in [0, 0.1) is 0 Å². The van der Waals surface area contributed by atoms with Gasteiger partial charge < -0.3 is 10.6 Å². The molecule has 6 nitrogen and oxygen atoms in total. The standard InChI is InChI=1S/C11H22N4O2/c1-4-13-11(17)14-10(16)9(3)15-6-5-12-7-8(15)2/h8-9,12H,4-7H2,1-3H3,(H2,13,14,16,17)/t8-,9?/m0/s1. The van der Waals surface area contributed by atoms with Crippen molar-refractivity contribution in [2.45, 2.75) is 32.9 Å². The van der Waals surface area contributed by atoms with Crippen LogP contribution in [0.25, 0.3) is 0 Å². The summed E-state index contributed by atoms with van der Waals surface area (Å²) in [5.41, 5.74) is 0.